The molecule has 3 nitrogen and oxygen atoms in total. The van der Waals surface area contributed by atoms with Crippen molar-refractivity contribution in [3.8, 4) is 0 Å². The van der Waals surface area contributed by atoms with Crippen molar-refractivity contribution in [2.45, 2.75) is 25.8 Å². The Kier molecular flexibility index (Phi) is 4.78. The van der Waals surface area contributed by atoms with E-state index in [4.69, 9.17) is 22.7 Å². The lowest BCUT2D eigenvalue weighted by molar-refractivity contribution is 0.0810. The van der Waals surface area contributed by atoms with Gasteiger partial charge in [-0.3, -0.25) is 4.90 Å². The van der Waals surface area contributed by atoms with Gasteiger partial charge in [-0.2, -0.15) is 0 Å². The monoisotopic (exact) mass is 216 g/mol. The van der Waals surface area contributed by atoms with Crippen molar-refractivity contribution in [2.75, 3.05) is 26.8 Å². The fourth-order valence-corrected chi connectivity index (χ4v) is 2.21. The predicted octanol–water partition coefficient (Wildman–Crippen LogP) is 1.02. The van der Waals surface area contributed by atoms with E-state index in [1.807, 2.05) is 0 Å². The van der Waals surface area contributed by atoms with Crippen LogP contribution in [0.4, 0.5) is 0 Å². The number of likely N-dealkylation sites (tertiary alicyclic amines) is 1. The molecule has 0 aliphatic carbocycles. The molecule has 1 unspecified atom stereocenters. The summed E-state index contributed by atoms with van der Waals surface area (Å²) in [5.74, 6) is 0.455. The molecule has 0 aromatic rings. The number of ether oxygens (including phenoxy) is 1. The van der Waals surface area contributed by atoms with Crippen molar-refractivity contribution in [1.29, 1.82) is 0 Å². The molecule has 1 atom stereocenters. The maximum Gasteiger partial charge on any atom is 0.0759 e. The first-order chi connectivity index (χ1) is 6.65. The van der Waals surface area contributed by atoms with Gasteiger partial charge < -0.3 is 10.5 Å². The van der Waals surface area contributed by atoms with Crippen LogP contribution < -0.4 is 5.73 Å². The summed E-state index contributed by atoms with van der Waals surface area (Å²) in [5.41, 5.74) is 5.64. The number of rotatable bonds is 4. The standard InChI is InChI=1S/C10H20N2OS/c1-8(7-13-2)12-5-3-9(4-6-12)10(11)14/h8-9H,3-7H2,1-2H3,(H2,11,14). The average Bonchev–Trinajstić information content (AvgIpc) is 2.18. The molecule has 1 saturated heterocycles. The molecule has 82 valence electrons. The zero-order chi connectivity index (χ0) is 10.6. The molecule has 1 aliphatic heterocycles. The van der Waals surface area contributed by atoms with Crippen molar-refractivity contribution >= 4 is 17.2 Å². The Morgan fingerprint density at radius 1 is 1.57 bits per heavy atom. The fourth-order valence-electron chi connectivity index (χ4n) is 1.97. The van der Waals surface area contributed by atoms with E-state index in [1.54, 1.807) is 7.11 Å². The van der Waals surface area contributed by atoms with E-state index in [9.17, 15) is 0 Å². The van der Waals surface area contributed by atoms with Crippen LogP contribution in [0.1, 0.15) is 19.8 Å². The summed E-state index contributed by atoms with van der Waals surface area (Å²) >= 11 is 5.01. The van der Waals surface area contributed by atoms with Crippen molar-refractivity contribution < 1.29 is 4.74 Å². The molecule has 1 heterocycles. The third kappa shape index (κ3) is 3.19. The van der Waals surface area contributed by atoms with Crippen LogP contribution in [0.5, 0.6) is 0 Å². The highest BCUT2D eigenvalue weighted by Gasteiger charge is 2.23. The minimum Gasteiger partial charge on any atom is -0.393 e. The minimum absolute atomic E-state index is 0.455. The Morgan fingerprint density at radius 2 is 2.14 bits per heavy atom. The van der Waals surface area contributed by atoms with E-state index in [0.717, 1.165) is 32.5 Å². The molecule has 0 saturated carbocycles. The third-order valence-corrected chi connectivity index (χ3v) is 3.30. The van der Waals surface area contributed by atoms with Crippen molar-refractivity contribution in [2.24, 2.45) is 11.7 Å². The van der Waals surface area contributed by atoms with Gasteiger partial charge in [0.2, 0.25) is 0 Å². The van der Waals surface area contributed by atoms with Crippen LogP contribution in [0.15, 0.2) is 0 Å². The first-order valence-electron chi connectivity index (χ1n) is 5.17. The Bertz CT molecular complexity index is 191. The zero-order valence-electron chi connectivity index (χ0n) is 9.03. The molecule has 1 rings (SSSR count). The van der Waals surface area contributed by atoms with Gasteiger partial charge in [0.1, 0.15) is 0 Å². The second kappa shape index (κ2) is 5.63. The van der Waals surface area contributed by atoms with Gasteiger partial charge in [0.15, 0.2) is 0 Å². The van der Waals surface area contributed by atoms with Gasteiger partial charge in [0.25, 0.3) is 0 Å². The summed E-state index contributed by atoms with van der Waals surface area (Å²) in [6.45, 7) is 5.18. The molecule has 2 N–H and O–H groups in total. The topological polar surface area (TPSA) is 38.5 Å². The molecule has 1 aliphatic rings. The fraction of sp³-hybridized carbons (Fsp3) is 0.900. The molecule has 0 amide bonds. The second-order valence-electron chi connectivity index (χ2n) is 4.02. The lowest BCUT2D eigenvalue weighted by atomic mass is 9.96. The molecule has 0 radical (unpaired) electrons. The van der Waals surface area contributed by atoms with Crippen LogP contribution >= 0.6 is 12.2 Å². The summed E-state index contributed by atoms with van der Waals surface area (Å²) < 4.78 is 5.14. The van der Waals surface area contributed by atoms with Gasteiger partial charge in [0, 0.05) is 19.1 Å². The summed E-state index contributed by atoms with van der Waals surface area (Å²) in [7, 11) is 1.75. The maximum absolute atomic E-state index is 5.64. The molecule has 0 bridgehead atoms. The van der Waals surface area contributed by atoms with Gasteiger partial charge in [-0.1, -0.05) is 12.2 Å². The van der Waals surface area contributed by atoms with Gasteiger partial charge >= 0.3 is 0 Å². The van der Waals surface area contributed by atoms with Crippen molar-refractivity contribution in [3.05, 3.63) is 0 Å². The highest BCUT2D eigenvalue weighted by molar-refractivity contribution is 7.80. The van der Waals surface area contributed by atoms with Crippen LogP contribution in [0.25, 0.3) is 0 Å². The lowest BCUT2D eigenvalue weighted by Gasteiger charge is -2.35. The van der Waals surface area contributed by atoms with Crippen LogP contribution in [-0.4, -0.2) is 42.7 Å². The van der Waals surface area contributed by atoms with Gasteiger partial charge in [-0.25, -0.2) is 0 Å². The summed E-state index contributed by atoms with van der Waals surface area (Å²) in [6, 6.07) is 0.507. The SMILES string of the molecule is COCC(C)N1CCC(C(N)=S)CC1. The molecule has 0 aromatic heterocycles. The van der Waals surface area contributed by atoms with E-state index < -0.39 is 0 Å². The minimum atomic E-state index is 0.455. The van der Waals surface area contributed by atoms with Crippen LogP contribution in [0, 0.1) is 5.92 Å². The van der Waals surface area contributed by atoms with Gasteiger partial charge in [-0.15, -0.1) is 0 Å². The molecule has 0 aromatic carbocycles. The molecule has 4 heteroatoms. The molecule has 0 spiro atoms. The second-order valence-corrected chi connectivity index (χ2v) is 4.49. The first-order valence-corrected chi connectivity index (χ1v) is 5.58. The van der Waals surface area contributed by atoms with Crippen LogP contribution in [0.2, 0.25) is 0 Å². The highest BCUT2D eigenvalue weighted by Crippen LogP contribution is 2.19. The van der Waals surface area contributed by atoms with Crippen LogP contribution in [-0.2, 0) is 4.74 Å². The number of nitrogens with zero attached hydrogens (tertiary/aromatic N) is 1. The Hall–Kier alpha value is -0.190. The van der Waals surface area contributed by atoms with Gasteiger partial charge in [0.05, 0.1) is 11.6 Å². The lowest BCUT2D eigenvalue weighted by Crippen LogP contribution is -2.44. The average molecular weight is 216 g/mol. The molecule has 14 heavy (non-hydrogen) atoms. The van der Waals surface area contributed by atoms with E-state index in [1.165, 1.54) is 0 Å². The quantitative estimate of drug-likeness (QED) is 0.712. The summed E-state index contributed by atoms with van der Waals surface area (Å²) in [6.07, 6.45) is 2.20. The number of piperidine rings is 1. The molecular formula is C10H20N2OS. The van der Waals surface area contributed by atoms with Crippen molar-refractivity contribution in [1.82, 2.24) is 4.90 Å². The Morgan fingerprint density at radius 3 is 2.57 bits per heavy atom. The van der Waals surface area contributed by atoms with E-state index in [2.05, 4.69) is 11.8 Å². The van der Waals surface area contributed by atoms with Gasteiger partial charge in [-0.05, 0) is 32.9 Å². The maximum atomic E-state index is 5.64. The van der Waals surface area contributed by atoms with Crippen LogP contribution in [0.3, 0.4) is 0 Å². The normalized spacial score (nSPS) is 22.1. The molecule has 1 fully saturated rings. The highest BCUT2D eigenvalue weighted by atomic mass is 32.1. The smallest absolute Gasteiger partial charge is 0.0759 e. The predicted molar refractivity (Wildman–Crippen MR) is 62.4 cm³/mol. The number of nitrogens with two attached hydrogens (primary N) is 1. The number of thiocarbonyl (C=S) groups is 1. The van der Waals surface area contributed by atoms with E-state index in [0.29, 0.717) is 16.9 Å². The van der Waals surface area contributed by atoms with E-state index >= 15 is 0 Å². The number of hydrogen-bond donors (Lipinski definition) is 1. The Balaban J connectivity index is 2.31. The Labute approximate surface area is 91.6 Å². The number of methoxy groups -OCH3 is 1. The zero-order valence-corrected chi connectivity index (χ0v) is 9.85. The number of hydrogen-bond acceptors (Lipinski definition) is 3. The molecular weight excluding hydrogens is 196 g/mol. The first kappa shape index (κ1) is 11.9. The summed E-state index contributed by atoms with van der Waals surface area (Å²) in [4.78, 5) is 3.13. The summed E-state index contributed by atoms with van der Waals surface area (Å²) in [5, 5.41) is 0. The largest absolute Gasteiger partial charge is 0.393 e. The van der Waals surface area contributed by atoms with Crippen molar-refractivity contribution in [3.63, 3.8) is 0 Å². The van der Waals surface area contributed by atoms with E-state index in [-0.39, 0.29) is 0 Å². The third-order valence-electron chi connectivity index (χ3n) is 2.96.